The van der Waals surface area contributed by atoms with E-state index in [2.05, 4.69) is 28.2 Å². The third kappa shape index (κ3) is 4.14. The number of hydrogen-bond acceptors (Lipinski definition) is 2. The molecular formula is C14H22BrNO. The molecule has 1 aromatic heterocycles. The summed E-state index contributed by atoms with van der Waals surface area (Å²) in [5.41, 5.74) is 0. The molecule has 0 radical (unpaired) electrons. The molecule has 1 heterocycles. The van der Waals surface area contributed by atoms with Gasteiger partial charge in [-0.1, -0.05) is 26.2 Å². The van der Waals surface area contributed by atoms with Crippen LogP contribution in [0.5, 0.6) is 0 Å². The average Bonchev–Trinajstić information content (AvgIpc) is 2.76. The molecule has 0 atom stereocenters. The van der Waals surface area contributed by atoms with Crippen LogP contribution in [-0.4, -0.2) is 6.54 Å². The van der Waals surface area contributed by atoms with Gasteiger partial charge in [-0.3, -0.25) is 0 Å². The third-order valence-electron chi connectivity index (χ3n) is 3.90. The van der Waals surface area contributed by atoms with Crippen LogP contribution in [0.15, 0.2) is 21.2 Å². The molecule has 1 fully saturated rings. The minimum absolute atomic E-state index is 0.817. The van der Waals surface area contributed by atoms with Crippen molar-refractivity contribution in [2.75, 3.05) is 6.54 Å². The molecule has 0 amide bonds. The highest BCUT2D eigenvalue weighted by Gasteiger charge is 2.19. The van der Waals surface area contributed by atoms with Crippen LogP contribution < -0.4 is 5.32 Å². The zero-order chi connectivity index (χ0) is 12.1. The van der Waals surface area contributed by atoms with Gasteiger partial charge in [0.2, 0.25) is 0 Å². The highest BCUT2D eigenvalue weighted by atomic mass is 79.9. The summed E-state index contributed by atoms with van der Waals surface area (Å²) >= 11 is 3.32. The molecule has 1 saturated carbocycles. The molecule has 1 N–H and O–H groups in total. The number of nitrogens with one attached hydrogen (secondary N) is 1. The fourth-order valence-corrected chi connectivity index (χ4v) is 3.03. The van der Waals surface area contributed by atoms with Gasteiger partial charge in [-0.05, 0) is 59.3 Å². The fraction of sp³-hybridized carbons (Fsp3) is 0.714. The maximum absolute atomic E-state index is 5.46. The van der Waals surface area contributed by atoms with Gasteiger partial charge in [0.05, 0.1) is 6.54 Å². The molecule has 0 aliphatic heterocycles. The zero-order valence-corrected chi connectivity index (χ0v) is 12.1. The van der Waals surface area contributed by atoms with Gasteiger partial charge in [0, 0.05) is 0 Å². The van der Waals surface area contributed by atoms with Crippen molar-refractivity contribution >= 4 is 15.9 Å². The SMILES string of the molecule is CCC1CCC(CNCc2ccc(Br)o2)CC1. The summed E-state index contributed by atoms with van der Waals surface area (Å²) < 4.78 is 6.28. The molecule has 1 aliphatic rings. The lowest BCUT2D eigenvalue weighted by atomic mass is 9.81. The standard InChI is InChI=1S/C14H22BrNO/c1-2-11-3-5-12(6-4-11)9-16-10-13-7-8-14(15)17-13/h7-8,11-12,16H,2-6,9-10H2,1H3. The smallest absolute Gasteiger partial charge is 0.169 e. The van der Waals surface area contributed by atoms with Crippen molar-refractivity contribution in [3.8, 4) is 0 Å². The van der Waals surface area contributed by atoms with E-state index in [0.717, 1.165) is 35.4 Å². The van der Waals surface area contributed by atoms with E-state index in [4.69, 9.17) is 4.42 Å². The van der Waals surface area contributed by atoms with Gasteiger partial charge in [-0.2, -0.15) is 0 Å². The van der Waals surface area contributed by atoms with E-state index < -0.39 is 0 Å². The summed E-state index contributed by atoms with van der Waals surface area (Å²) in [6.45, 7) is 4.30. The van der Waals surface area contributed by atoms with Gasteiger partial charge in [0.1, 0.15) is 5.76 Å². The van der Waals surface area contributed by atoms with Gasteiger partial charge in [-0.25, -0.2) is 0 Å². The normalized spacial score (nSPS) is 25.1. The van der Waals surface area contributed by atoms with Crippen molar-refractivity contribution in [3.63, 3.8) is 0 Å². The maximum atomic E-state index is 5.46. The van der Waals surface area contributed by atoms with E-state index in [1.807, 2.05) is 12.1 Å². The lowest BCUT2D eigenvalue weighted by Gasteiger charge is -2.27. The average molecular weight is 300 g/mol. The molecular weight excluding hydrogens is 278 g/mol. The van der Waals surface area contributed by atoms with Crippen molar-refractivity contribution in [1.29, 1.82) is 0 Å². The Kier molecular flexibility index (Phi) is 5.11. The first-order valence-electron chi connectivity index (χ1n) is 6.73. The first-order valence-corrected chi connectivity index (χ1v) is 7.52. The van der Waals surface area contributed by atoms with Crippen LogP contribution in [0.25, 0.3) is 0 Å². The van der Waals surface area contributed by atoms with Crippen LogP contribution in [0, 0.1) is 11.8 Å². The van der Waals surface area contributed by atoms with E-state index in [9.17, 15) is 0 Å². The van der Waals surface area contributed by atoms with Crippen LogP contribution in [0.3, 0.4) is 0 Å². The van der Waals surface area contributed by atoms with Crippen molar-refractivity contribution in [1.82, 2.24) is 5.32 Å². The van der Waals surface area contributed by atoms with Crippen LogP contribution in [0.4, 0.5) is 0 Å². The van der Waals surface area contributed by atoms with E-state index >= 15 is 0 Å². The highest BCUT2D eigenvalue weighted by Crippen LogP contribution is 2.30. The summed E-state index contributed by atoms with van der Waals surface area (Å²) in [6, 6.07) is 3.97. The highest BCUT2D eigenvalue weighted by molar-refractivity contribution is 9.10. The number of hydrogen-bond donors (Lipinski definition) is 1. The molecule has 0 aromatic carbocycles. The van der Waals surface area contributed by atoms with Gasteiger partial charge < -0.3 is 9.73 Å². The van der Waals surface area contributed by atoms with Gasteiger partial charge >= 0.3 is 0 Å². The summed E-state index contributed by atoms with van der Waals surface area (Å²) in [7, 11) is 0. The van der Waals surface area contributed by atoms with E-state index in [1.165, 1.54) is 32.1 Å². The first kappa shape index (κ1) is 13.2. The fourth-order valence-electron chi connectivity index (χ4n) is 2.69. The molecule has 0 saturated heterocycles. The first-order chi connectivity index (χ1) is 8.28. The monoisotopic (exact) mass is 299 g/mol. The molecule has 0 spiro atoms. The minimum atomic E-state index is 0.817. The predicted octanol–water partition coefficient (Wildman–Crippen LogP) is 4.35. The Balaban J connectivity index is 1.63. The molecule has 0 bridgehead atoms. The number of halogens is 1. The van der Waals surface area contributed by atoms with Gasteiger partial charge in [0.15, 0.2) is 4.67 Å². The van der Waals surface area contributed by atoms with E-state index in [-0.39, 0.29) is 0 Å². The topological polar surface area (TPSA) is 25.2 Å². The molecule has 0 unspecified atom stereocenters. The lowest BCUT2D eigenvalue weighted by molar-refractivity contribution is 0.260. The quantitative estimate of drug-likeness (QED) is 0.874. The van der Waals surface area contributed by atoms with E-state index in [1.54, 1.807) is 0 Å². The van der Waals surface area contributed by atoms with Crippen molar-refractivity contribution < 1.29 is 4.42 Å². The molecule has 1 aromatic rings. The molecule has 2 nitrogen and oxygen atoms in total. The van der Waals surface area contributed by atoms with Crippen LogP contribution in [0.2, 0.25) is 0 Å². The Morgan fingerprint density at radius 3 is 2.53 bits per heavy atom. The maximum Gasteiger partial charge on any atom is 0.169 e. The largest absolute Gasteiger partial charge is 0.453 e. The Labute approximate surface area is 112 Å². The van der Waals surface area contributed by atoms with Crippen molar-refractivity contribution in [3.05, 3.63) is 22.6 Å². The van der Waals surface area contributed by atoms with Crippen molar-refractivity contribution in [2.45, 2.75) is 45.6 Å². The van der Waals surface area contributed by atoms with Crippen LogP contribution in [-0.2, 0) is 6.54 Å². The number of furan rings is 1. The predicted molar refractivity (Wildman–Crippen MR) is 73.9 cm³/mol. The Morgan fingerprint density at radius 1 is 1.24 bits per heavy atom. The second-order valence-corrected chi connectivity index (χ2v) is 5.91. The molecule has 1 aliphatic carbocycles. The summed E-state index contributed by atoms with van der Waals surface area (Å²) in [5, 5.41) is 3.50. The molecule has 96 valence electrons. The van der Waals surface area contributed by atoms with Crippen LogP contribution in [0.1, 0.15) is 44.8 Å². The minimum Gasteiger partial charge on any atom is -0.453 e. The summed E-state index contributed by atoms with van der Waals surface area (Å²) in [5.74, 6) is 2.88. The second kappa shape index (κ2) is 6.60. The lowest BCUT2D eigenvalue weighted by Crippen LogP contribution is -2.26. The van der Waals surface area contributed by atoms with Gasteiger partial charge in [0.25, 0.3) is 0 Å². The summed E-state index contributed by atoms with van der Waals surface area (Å²) in [4.78, 5) is 0. The molecule has 3 heteroatoms. The number of rotatable bonds is 5. The third-order valence-corrected chi connectivity index (χ3v) is 4.33. The Hall–Kier alpha value is -0.280. The second-order valence-electron chi connectivity index (χ2n) is 5.13. The zero-order valence-electron chi connectivity index (χ0n) is 10.5. The Bertz CT molecular complexity index is 329. The van der Waals surface area contributed by atoms with Gasteiger partial charge in [-0.15, -0.1) is 0 Å². The van der Waals surface area contributed by atoms with Crippen molar-refractivity contribution in [2.24, 2.45) is 11.8 Å². The molecule has 2 rings (SSSR count). The Morgan fingerprint density at radius 2 is 1.94 bits per heavy atom. The summed E-state index contributed by atoms with van der Waals surface area (Å²) in [6.07, 6.45) is 7.01. The van der Waals surface area contributed by atoms with E-state index in [0.29, 0.717) is 0 Å². The molecule has 17 heavy (non-hydrogen) atoms. The van der Waals surface area contributed by atoms with Crippen LogP contribution >= 0.6 is 15.9 Å².